The van der Waals surface area contributed by atoms with Crippen LogP contribution in [-0.2, 0) is 23.8 Å². The molecule has 0 N–H and O–H groups in total. The van der Waals surface area contributed by atoms with Crippen molar-refractivity contribution in [2.24, 2.45) is 0 Å². The Balaban J connectivity index is 2.15. The second-order valence-electron chi connectivity index (χ2n) is 7.95. The quantitative estimate of drug-likeness (QED) is 0.498. The molecule has 0 aliphatic heterocycles. The number of ether oxygens (including phenoxy) is 3. The lowest BCUT2D eigenvalue weighted by Crippen LogP contribution is -2.49. The van der Waals surface area contributed by atoms with Crippen LogP contribution < -0.4 is 0 Å². The molecule has 0 spiro atoms. The predicted molar refractivity (Wildman–Crippen MR) is 104 cm³/mol. The number of esters is 2. The smallest absolute Gasteiger partial charge is 0.350 e. The van der Waals surface area contributed by atoms with Crippen molar-refractivity contribution in [1.29, 1.82) is 0 Å². The van der Waals surface area contributed by atoms with Crippen molar-refractivity contribution in [2.75, 3.05) is 6.61 Å². The van der Waals surface area contributed by atoms with Crippen LogP contribution in [0.3, 0.4) is 0 Å². The summed E-state index contributed by atoms with van der Waals surface area (Å²) in [5.74, 6) is -2.07. The Morgan fingerprint density at radius 1 is 1.25 bits per heavy atom. The van der Waals surface area contributed by atoms with Crippen molar-refractivity contribution >= 4 is 23.5 Å². The Morgan fingerprint density at radius 2 is 1.86 bits per heavy atom. The highest BCUT2D eigenvalue weighted by Gasteiger charge is 2.48. The minimum atomic E-state index is -1.43. The fourth-order valence-corrected chi connectivity index (χ4v) is 3.56. The second-order valence-corrected chi connectivity index (χ2v) is 8.39. The van der Waals surface area contributed by atoms with Gasteiger partial charge in [0.05, 0.1) is 18.3 Å². The van der Waals surface area contributed by atoms with E-state index in [2.05, 4.69) is 0 Å². The third-order valence-corrected chi connectivity index (χ3v) is 5.00. The van der Waals surface area contributed by atoms with Crippen LogP contribution in [-0.4, -0.2) is 35.9 Å². The van der Waals surface area contributed by atoms with Crippen molar-refractivity contribution in [3.05, 3.63) is 35.6 Å². The van der Waals surface area contributed by atoms with E-state index in [9.17, 15) is 14.0 Å². The Morgan fingerprint density at radius 3 is 2.39 bits per heavy atom. The average Bonchev–Trinajstić information content (AvgIpc) is 2.62. The van der Waals surface area contributed by atoms with Crippen molar-refractivity contribution in [2.45, 2.75) is 76.1 Å². The maximum Gasteiger partial charge on any atom is 0.350 e. The zero-order valence-corrected chi connectivity index (χ0v) is 17.6. The summed E-state index contributed by atoms with van der Waals surface area (Å²) in [5.41, 5.74) is -1.72. The van der Waals surface area contributed by atoms with Gasteiger partial charge in [-0.25, -0.2) is 9.18 Å². The number of hydrogen-bond acceptors (Lipinski definition) is 5. The first-order valence-electron chi connectivity index (χ1n) is 9.54. The van der Waals surface area contributed by atoms with Crippen molar-refractivity contribution in [1.82, 2.24) is 0 Å². The van der Waals surface area contributed by atoms with E-state index in [1.54, 1.807) is 13.0 Å². The summed E-state index contributed by atoms with van der Waals surface area (Å²) in [5, 5.41) is -1.35. The highest BCUT2D eigenvalue weighted by atomic mass is 35.5. The molecule has 1 fully saturated rings. The molecule has 156 valence electrons. The van der Waals surface area contributed by atoms with E-state index in [-0.39, 0.29) is 36.7 Å². The van der Waals surface area contributed by atoms with E-state index in [1.807, 2.05) is 20.8 Å². The SMILES string of the molecule is CCOC(=O)C1(OC(=O)C(Cl)c2ccccc2F)CCC(OC(C)(C)C)CC1. The average molecular weight is 415 g/mol. The summed E-state index contributed by atoms with van der Waals surface area (Å²) in [7, 11) is 0. The van der Waals surface area contributed by atoms with Gasteiger partial charge >= 0.3 is 11.9 Å². The number of carbonyl (C=O) groups excluding carboxylic acids is 2. The van der Waals surface area contributed by atoms with Gasteiger partial charge in [-0.1, -0.05) is 18.2 Å². The largest absolute Gasteiger partial charge is 0.463 e. The summed E-state index contributed by atoms with van der Waals surface area (Å²) in [6.07, 6.45) is 1.56. The lowest BCUT2D eigenvalue weighted by atomic mass is 9.82. The molecule has 28 heavy (non-hydrogen) atoms. The standard InChI is InChI=1S/C21H28ClFO5/c1-5-26-19(25)21(12-10-14(11-13-21)27-20(2,3)4)28-18(24)17(22)15-8-6-7-9-16(15)23/h6-9,14,17H,5,10-13H2,1-4H3. The summed E-state index contributed by atoms with van der Waals surface area (Å²) in [6.45, 7) is 7.75. The maximum absolute atomic E-state index is 14.0. The lowest BCUT2D eigenvalue weighted by Gasteiger charge is -2.39. The normalized spacial score (nSPS) is 23.7. The number of benzene rings is 1. The predicted octanol–water partition coefficient (Wildman–Crippen LogP) is 4.71. The fraction of sp³-hybridized carbons (Fsp3) is 0.619. The van der Waals surface area contributed by atoms with Gasteiger partial charge in [0.1, 0.15) is 5.82 Å². The third kappa shape index (κ3) is 5.67. The van der Waals surface area contributed by atoms with Crippen LogP contribution in [0.2, 0.25) is 0 Å². The monoisotopic (exact) mass is 414 g/mol. The molecule has 1 unspecified atom stereocenters. The molecular formula is C21H28ClFO5. The van der Waals surface area contributed by atoms with Gasteiger partial charge < -0.3 is 14.2 Å². The molecular weight excluding hydrogens is 387 g/mol. The number of carbonyl (C=O) groups is 2. The molecule has 0 heterocycles. The van der Waals surface area contributed by atoms with Gasteiger partial charge in [0.25, 0.3) is 0 Å². The van der Waals surface area contributed by atoms with Gasteiger partial charge in [0, 0.05) is 18.4 Å². The summed E-state index contributed by atoms with van der Waals surface area (Å²) in [4.78, 5) is 25.2. The molecule has 0 aromatic heterocycles. The highest BCUT2D eigenvalue weighted by molar-refractivity contribution is 6.30. The van der Waals surface area contributed by atoms with Crippen LogP contribution in [0.15, 0.2) is 24.3 Å². The van der Waals surface area contributed by atoms with Crippen molar-refractivity contribution in [3.8, 4) is 0 Å². The van der Waals surface area contributed by atoms with Gasteiger partial charge in [-0.2, -0.15) is 0 Å². The summed E-state index contributed by atoms with van der Waals surface area (Å²) in [6, 6.07) is 5.72. The summed E-state index contributed by atoms with van der Waals surface area (Å²) >= 11 is 6.15. The maximum atomic E-state index is 14.0. The van der Waals surface area contributed by atoms with E-state index in [0.717, 1.165) is 0 Å². The van der Waals surface area contributed by atoms with Gasteiger partial charge in [-0.3, -0.25) is 4.79 Å². The second kappa shape index (κ2) is 9.23. The van der Waals surface area contributed by atoms with E-state index in [4.69, 9.17) is 25.8 Å². The van der Waals surface area contributed by atoms with E-state index < -0.39 is 28.7 Å². The zero-order chi connectivity index (χ0) is 20.9. The Labute approximate surface area is 170 Å². The molecule has 7 heteroatoms. The first-order valence-corrected chi connectivity index (χ1v) is 9.98. The molecule has 2 rings (SSSR count). The Kier molecular flexibility index (Phi) is 7.46. The molecule has 1 aliphatic carbocycles. The van der Waals surface area contributed by atoms with E-state index in [0.29, 0.717) is 12.8 Å². The number of alkyl halides is 1. The number of rotatable bonds is 6. The molecule has 0 radical (unpaired) electrons. The van der Waals surface area contributed by atoms with Crippen LogP contribution in [0.25, 0.3) is 0 Å². The van der Waals surface area contributed by atoms with Gasteiger partial charge in [0.2, 0.25) is 5.60 Å². The Hall–Kier alpha value is -1.66. The molecule has 1 atom stereocenters. The first kappa shape index (κ1) is 22.6. The molecule has 1 aromatic carbocycles. The molecule has 1 aliphatic rings. The van der Waals surface area contributed by atoms with Crippen LogP contribution >= 0.6 is 11.6 Å². The first-order chi connectivity index (χ1) is 13.1. The van der Waals surface area contributed by atoms with Crippen LogP contribution in [0, 0.1) is 5.82 Å². The van der Waals surface area contributed by atoms with Gasteiger partial charge in [-0.15, -0.1) is 11.6 Å². The molecule has 0 amide bonds. The van der Waals surface area contributed by atoms with E-state index >= 15 is 0 Å². The number of hydrogen-bond donors (Lipinski definition) is 0. The van der Waals surface area contributed by atoms with Gasteiger partial charge in [-0.05, 0) is 46.6 Å². The van der Waals surface area contributed by atoms with Crippen LogP contribution in [0.4, 0.5) is 4.39 Å². The minimum Gasteiger partial charge on any atom is -0.463 e. The highest BCUT2D eigenvalue weighted by Crippen LogP contribution is 2.38. The topological polar surface area (TPSA) is 61.8 Å². The summed E-state index contributed by atoms with van der Waals surface area (Å²) < 4.78 is 30.7. The molecule has 0 saturated heterocycles. The van der Waals surface area contributed by atoms with Crippen molar-refractivity contribution < 1.29 is 28.2 Å². The van der Waals surface area contributed by atoms with E-state index in [1.165, 1.54) is 18.2 Å². The lowest BCUT2D eigenvalue weighted by molar-refractivity contribution is -0.192. The minimum absolute atomic E-state index is 0.0120. The number of halogens is 2. The molecule has 5 nitrogen and oxygen atoms in total. The van der Waals surface area contributed by atoms with Crippen LogP contribution in [0.1, 0.15) is 64.3 Å². The molecule has 1 saturated carbocycles. The van der Waals surface area contributed by atoms with Crippen molar-refractivity contribution in [3.63, 3.8) is 0 Å². The molecule has 1 aromatic rings. The third-order valence-electron chi connectivity index (χ3n) is 4.59. The van der Waals surface area contributed by atoms with Crippen LogP contribution in [0.5, 0.6) is 0 Å². The van der Waals surface area contributed by atoms with Gasteiger partial charge in [0.15, 0.2) is 5.38 Å². The molecule has 0 bridgehead atoms. The zero-order valence-electron chi connectivity index (χ0n) is 16.8. The Bertz CT molecular complexity index is 692. The fourth-order valence-electron chi connectivity index (χ4n) is 3.34.